The molecule has 0 aromatic heterocycles. The summed E-state index contributed by atoms with van der Waals surface area (Å²) in [6.45, 7) is 3.74. The number of nitrogens with zero attached hydrogens (tertiary/aromatic N) is 2. The Labute approximate surface area is 153 Å². The molecule has 26 heavy (non-hydrogen) atoms. The van der Waals surface area contributed by atoms with Crippen LogP contribution in [0, 0.1) is 11.3 Å². The molecule has 1 aliphatic heterocycles. The average molecular weight is 350 g/mol. The minimum atomic E-state index is -0.0866. The second kappa shape index (κ2) is 8.88. The molecular weight excluding hydrogens is 328 g/mol. The van der Waals surface area contributed by atoms with E-state index in [9.17, 15) is 4.79 Å². The van der Waals surface area contributed by atoms with Crippen LogP contribution in [0.4, 0.5) is 17.1 Å². The number of anilines is 3. The highest BCUT2D eigenvalue weighted by Gasteiger charge is 2.14. The Hall–Kier alpha value is -3.04. The molecule has 0 atom stereocenters. The van der Waals surface area contributed by atoms with Gasteiger partial charge in [0.25, 0.3) is 0 Å². The Kier molecular flexibility index (Phi) is 6.07. The third kappa shape index (κ3) is 4.74. The molecule has 1 saturated heterocycles. The van der Waals surface area contributed by atoms with Gasteiger partial charge in [0.05, 0.1) is 36.2 Å². The highest BCUT2D eigenvalue weighted by Crippen LogP contribution is 2.26. The van der Waals surface area contributed by atoms with E-state index in [1.807, 2.05) is 18.2 Å². The Morgan fingerprint density at radius 1 is 1.15 bits per heavy atom. The minimum absolute atomic E-state index is 0.0866. The average Bonchev–Trinajstić information content (AvgIpc) is 2.69. The fourth-order valence-corrected chi connectivity index (χ4v) is 2.90. The van der Waals surface area contributed by atoms with Crippen molar-refractivity contribution >= 4 is 23.0 Å². The topological polar surface area (TPSA) is 77.4 Å². The van der Waals surface area contributed by atoms with Crippen LogP contribution >= 0.6 is 0 Å². The van der Waals surface area contributed by atoms with Gasteiger partial charge in [0.15, 0.2) is 0 Å². The zero-order valence-corrected chi connectivity index (χ0v) is 14.6. The number of benzene rings is 2. The molecule has 1 heterocycles. The number of carbonyl (C=O) groups excluding carboxylic acids is 1. The number of nitrogens with one attached hydrogen (secondary N) is 2. The molecule has 1 amide bonds. The molecule has 2 aromatic carbocycles. The molecule has 0 aliphatic carbocycles. The van der Waals surface area contributed by atoms with Crippen molar-refractivity contribution in [2.45, 2.75) is 6.42 Å². The summed E-state index contributed by atoms with van der Waals surface area (Å²) in [5.74, 6) is -0.0866. The van der Waals surface area contributed by atoms with Gasteiger partial charge in [-0.1, -0.05) is 18.2 Å². The van der Waals surface area contributed by atoms with Crippen molar-refractivity contribution < 1.29 is 9.53 Å². The Morgan fingerprint density at radius 2 is 1.96 bits per heavy atom. The number of morpholine rings is 1. The molecule has 3 rings (SSSR count). The molecule has 6 nitrogen and oxygen atoms in total. The molecular formula is C20H22N4O2. The highest BCUT2D eigenvalue weighted by molar-refractivity contribution is 5.91. The molecule has 2 aromatic rings. The minimum Gasteiger partial charge on any atom is -0.383 e. The van der Waals surface area contributed by atoms with E-state index < -0.39 is 0 Å². The lowest BCUT2D eigenvalue weighted by molar-refractivity contribution is -0.115. The second-order valence-electron chi connectivity index (χ2n) is 6.03. The summed E-state index contributed by atoms with van der Waals surface area (Å²) in [5, 5.41) is 15.1. The molecule has 0 spiro atoms. The van der Waals surface area contributed by atoms with E-state index >= 15 is 0 Å². The lowest BCUT2D eigenvalue weighted by Gasteiger charge is -2.30. The molecule has 0 saturated carbocycles. The van der Waals surface area contributed by atoms with Crippen molar-refractivity contribution in [3.8, 4) is 6.07 Å². The lowest BCUT2D eigenvalue weighted by atomic mass is 10.2. The fourth-order valence-electron chi connectivity index (χ4n) is 2.90. The summed E-state index contributed by atoms with van der Waals surface area (Å²) in [7, 11) is 0. The summed E-state index contributed by atoms with van der Waals surface area (Å²) in [6, 6.07) is 17.1. The summed E-state index contributed by atoms with van der Waals surface area (Å²) in [4.78, 5) is 14.4. The first kappa shape index (κ1) is 17.8. The van der Waals surface area contributed by atoms with Gasteiger partial charge >= 0.3 is 0 Å². The van der Waals surface area contributed by atoms with Crippen LogP contribution in [0.15, 0.2) is 48.5 Å². The van der Waals surface area contributed by atoms with E-state index in [-0.39, 0.29) is 5.91 Å². The third-order valence-corrected chi connectivity index (χ3v) is 4.20. The predicted octanol–water partition coefficient (Wildman–Crippen LogP) is 2.84. The van der Waals surface area contributed by atoms with Gasteiger partial charge in [-0.25, -0.2) is 0 Å². The maximum atomic E-state index is 12.1. The normalized spacial score (nSPS) is 13.7. The molecule has 0 bridgehead atoms. The number of ether oxygens (including phenoxy) is 1. The van der Waals surface area contributed by atoms with E-state index in [0.717, 1.165) is 37.7 Å². The largest absolute Gasteiger partial charge is 0.383 e. The van der Waals surface area contributed by atoms with Gasteiger partial charge < -0.3 is 20.3 Å². The number of nitriles is 1. The SMILES string of the molecule is N#Cc1cccc(NC(=O)CCNc2ccccc2N2CCOCC2)c1. The van der Waals surface area contributed by atoms with Crippen molar-refractivity contribution in [1.29, 1.82) is 5.26 Å². The maximum absolute atomic E-state index is 12.1. The Balaban J connectivity index is 1.53. The molecule has 6 heteroatoms. The molecule has 0 unspecified atom stereocenters. The van der Waals surface area contributed by atoms with Crippen LogP contribution in [-0.4, -0.2) is 38.8 Å². The second-order valence-corrected chi connectivity index (χ2v) is 6.03. The highest BCUT2D eigenvalue weighted by atomic mass is 16.5. The van der Waals surface area contributed by atoms with Gasteiger partial charge in [0.2, 0.25) is 5.91 Å². The Bertz CT molecular complexity index is 794. The van der Waals surface area contributed by atoms with Crippen LogP contribution in [-0.2, 0) is 9.53 Å². The first-order valence-electron chi connectivity index (χ1n) is 8.72. The van der Waals surface area contributed by atoms with Crippen molar-refractivity contribution in [2.75, 3.05) is 48.4 Å². The van der Waals surface area contributed by atoms with Crippen molar-refractivity contribution in [2.24, 2.45) is 0 Å². The van der Waals surface area contributed by atoms with Crippen LogP contribution in [0.3, 0.4) is 0 Å². The number of hydrogen-bond donors (Lipinski definition) is 2. The van der Waals surface area contributed by atoms with Crippen molar-refractivity contribution in [3.63, 3.8) is 0 Å². The number of amides is 1. The van der Waals surface area contributed by atoms with E-state index in [1.165, 1.54) is 0 Å². The first-order chi connectivity index (χ1) is 12.8. The van der Waals surface area contributed by atoms with Gasteiger partial charge in [-0.3, -0.25) is 4.79 Å². The van der Waals surface area contributed by atoms with E-state index in [4.69, 9.17) is 10.00 Å². The summed E-state index contributed by atoms with van der Waals surface area (Å²) in [6.07, 6.45) is 0.341. The van der Waals surface area contributed by atoms with Crippen LogP contribution in [0.25, 0.3) is 0 Å². The monoisotopic (exact) mass is 350 g/mol. The molecule has 1 aliphatic rings. The number of para-hydroxylation sites is 2. The smallest absolute Gasteiger partial charge is 0.226 e. The van der Waals surface area contributed by atoms with Crippen molar-refractivity contribution in [1.82, 2.24) is 0 Å². The van der Waals surface area contributed by atoms with E-state index in [0.29, 0.717) is 24.2 Å². The van der Waals surface area contributed by atoms with Gasteiger partial charge in [0, 0.05) is 31.7 Å². The Morgan fingerprint density at radius 3 is 2.77 bits per heavy atom. The molecule has 134 valence electrons. The van der Waals surface area contributed by atoms with Crippen LogP contribution in [0.2, 0.25) is 0 Å². The molecule has 0 radical (unpaired) electrons. The van der Waals surface area contributed by atoms with Gasteiger partial charge in [-0.2, -0.15) is 5.26 Å². The first-order valence-corrected chi connectivity index (χ1v) is 8.72. The van der Waals surface area contributed by atoms with Crippen LogP contribution in [0.5, 0.6) is 0 Å². The fraction of sp³-hybridized carbons (Fsp3) is 0.300. The number of rotatable bonds is 6. The summed E-state index contributed by atoms with van der Waals surface area (Å²) >= 11 is 0. The number of hydrogen-bond acceptors (Lipinski definition) is 5. The van der Waals surface area contributed by atoms with Gasteiger partial charge in [-0.15, -0.1) is 0 Å². The third-order valence-electron chi connectivity index (χ3n) is 4.20. The summed E-state index contributed by atoms with van der Waals surface area (Å²) < 4.78 is 5.41. The molecule has 1 fully saturated rings. The standard InChI is InChI=1S/C20H22N4O2/c21-15-16-4-3-5-17(14-16)23-20(25)8-9-22-18-6-1-2-7-19(18)24-10-12-26-13-11-24/h1-7,14,22H,8-13H2,(H,23,25). The van der Waals surface area contributed by atoms with Crippen molar-refractivity contribution in [3.05, 3.63) is 54.1 Å². The van der Waals surface area contributed by atoms with Gasteiger partial charge in [0.1, 0.15) is 0 Å². The lowest BCUT2D eigenvalue weighted by Crippen LogP contribution is -2.36. The van der Waals surface area contributed by atoms with E-state index in [2.05, 4.69) is 27.7 Å². The van der Waals surface area contributed by atoms with Crippen LogP contribution in [0.1, 0.15) is 12.0 Å². The maximum Gasteiger partial charge on any atom is 0.226 e. The number of carbonyl (C=O) groups is 1. The van der Waals surface area contributed by atoms with E-state index in [1.54, 1.807) is 24.3 Å². The predicted molar refractivity (Wildman–Crippen MR) is 102 cm³/mol. The van der Waals surface area contributed by atoms with Gasteiger partial charge in [-0.05, 0) is 30.3 Å². The molecule has 2 N–H and O–H groups in total. The quantitative estimate of drug-likeness (QED) is 0.838. The zero-order valence-electron chi connectivity index (χ0n) is 14.6. The van der Waals surface area contributed by atoms with Crippen LogP contribution < -0.4 is 15.5 Å². The summed E-state index contributed by atoms with van der Waals surface area (Å²) in [5.41, 5.74) is 3.33. The zero-order chi connectivity index (χ0) is 18.2.